The van der Waals surface area contributed by atoms with Crippen LogP contribution >= 0.6 is 0 Å². The molecule has 0 spiro atoms. The molecule has 2 aromatic rings. The number of carbonyl (C=O) groups is 2. The molecule has 0 radical (unpaired) electrons. The Morgan fingerprint density at radius 1 is 1.18 bits per heavy atom. The molecule has 0 unspecified atom stereocenters. The minimum Gasteiger partial charge on any atom is -0.493 e. The van der Waals surface area contributed by atoms with Crippen LogP contribution in [-0.4, -0.2) is 41.7 Å². The van der Waals surface area contributed by atoms with Crippen molar-refractivity contribution in [3.63, 3.8) is 0 Å². The molecule has 28 heavy (non-hydrogen) atoms. The van der Waals surface area contributed by atoms with E-state index in [1.165, 1.54) is 17.0 Å². The molecule has 0 aliphatic carbocycles. The summed E-state index contributed by atoms with van der Waals surface area (Å²) in [5.74, 6) is 0.175. The fourth-order valence-electron chi connectivity index (χ4n) is 3.95. The van der Waals surface area contributed by atoms with Crippen LogP contribution in [0, 0.1) is 5.82 Å². The lowest BCUT2D eigenvalue weighted by atomic mass is 9.73. The third kappa shape index (κ3) is 3.40. The van der Waals surface area contributed by atoms with Gasteiger partial charge in [-0.3, -0.25) is 4.79 Å². The molecule has 1 fully saturated rings. The predicted octanol–water partition coefficient (Wildman–Crippen LogP) is 3.16. The third-order valence-corrected chi connectivity index (χ3v) is 5.73. The number of amides is 2. The number of halogens is 1. The maximum atomic E-state index is 13.4. The van der Waals surface area contributed by atoms with Gasteiger partial charge in [0.2, 0.25) is 0 Å². The van der Waals surface area contributed by atoms with Gasteiger partial charge in [0.05, 0.1) is 6.61 Å². The topological polar surface area (TPSA) is 78.9 Å². The van der Waals surface area contributed by atoms with Crippen molar-refractivity contribution in [3.05, 3.63) is 65.0 Å². The molecule has 0 saturated carbocycles. The zero-order valence-electron chi connectivity index (χ0n) is 15.3. The molecule has 7 heteroatoms. The first-order valence-corrected chi connectivity index (χ1v) is 9.25. The number of hydrogen-bond acceptors (Lipinski definition) is 3. The Labute approximate surface area is 161 Å². The van der Waals surface area contributed by atoms with Crippen LogP contribution in [0.5, 0.6) is 5.75 Å². The van der Waals surface area contributed by atoms with E-state index in [2.05, 4.69) is 5.32 Å². The summed E-state index contributed by atoms with van der Waals surface area (Å²) in [6.07, 6.45) is 0.227. The first-order chi connectivity index (χ1) is 13.5. The van der Waals surface area contributed by atoms with Crippen molar-refractivity contribution >= 4 is 12.0 Å². The first-order valence-electron chi connectivity index (χ1n) is 9.25. The highest BCUT2D eigenvalue weighted by atomic mass is 19.1. The summed E-state index contributed by atoms with van der Waals surface area (Å²) in [4.78, 5) is 24.5. The lowest BCUT2D eigenvalue weighted by Gasteiger charge is -2.41. The summed E-state index contributed by atoms with van der Waals surface area (Å²) in [5.41, 5.74) is 2.08. The van der Waals surface area contributed by atoms with Crippen LogP contribution in [0.4, 0.5) is 9.18 Å². The van der Waals surface area contributed by atoms with Crippen molar-refractivity contribution in [1.82, 2.24) is 10.2 Å². The highest BCUT2D eigenvalue weighted by Crippen LogP contribution is 2.37. The quantitative estimate of drug-likeness (QED) is 0.849. The average Bonchev–Trinajstić information content (AvgIpc) is 3.07. The molecule has 6 nitrogen and oxygen atoms in total. The van der Waals surface area contributed by atoms with Crippen LogP contribution in [0.15, 0.2) is 42.5 Å². The maximum absolute atomic E-state index is 13.4. The second kappa shape index (κ2) is 7.14. The standard InChI is InChI=1S/C21H21FN2O4/c22-16-4-2-15(3-5-16)21(7-9-24(10-8-21)20(26)27)13-28-17-6-1-14-12-23-19(25)18(14)11-17/h1-6,11H,7-10,12-13H2,(H,23,25)(H,26,27). The number of carbonyl (C=O) groups excluding carboxylic acids is 1. The van der Waals surface area contributed by atoms with E-state index >= 15 is 0 Å². The average molecular weight is 384 g/mol. The highest BCUT2D eigenvalue weighted by Gasteiger charge is 2.38. The fraction of sp³-hybridized carbons (Fsp3) is 0.333. The zero-order chi connectivity index (χ0) is 19.7. The molecule has 2 N–H and O–H groups in total. The Bertz CT molecular complexity index is 905. The fourth-order valence-corrected chi connectivity index (χ4v) is 3.95. The summed E-state index contributed by atoms with van der Waals surface area (Å²) >= 11 is 0. The van der Waals surface area contributed by atoms with E-state index in [0.717, 1.165) is 11.1 Å². The molecule has 1 saturated heterocycles. The summed E-state index contributed by atoms with van der Waals surface area (Å²) in [5, 5.41) is 12.0. The van der Waals surface area contributed by atoms with Gasteiger partial charge >= 0.3 is 6.09 Å². The van der Waals surface area contributed by atoms with Gasteiger partial charge in [-0.15, -0.1) is 0 Å². The van der Waals surface area contributed by atoms with Crippen LogP contribution in [0.2, 0.25) is 0 Å². The van der Waals surface area contributed by atoms with Crippen molar-refractivity contribution in [1.29, 1.82) is 0 Å². The van der Waals surface area contributed by atoms with Gasteiger partial charge in [-0.25, -0.2) is 9.18 Å². The molecule has 0 atom stereocenters. The van der Waals surface area contributed by atoms with Crippen LogP contribution in [-0.2, 0) is 12.0 Å². The van der Waals surface area contributed by atoms with Gasteiger partial charge in [0.15, 0.2) is 0 Å². The number of rotatable bonds is 4. The largest absolute Gasteiger partial charge is 0.493 e. The number of nitrogens with one attached hydrogen (secondary N) is 1. The van der Waals surface area contributed by atoms with Gasteiger partial charge in [-0.1, -0.05) is 18.2 Å². The molecule has 2 aliphatic heterocycles. The van der Waals surface area contributed by atoms with Crippen LogP contribution < -0.4 is 10.1 Å². The van der Waals surface area contributed by atoms with E-state index in [-0.39, 0.29) is 11.7 Å². The van der Waals surface area contributed by atoms with Crippen molar-refractivity contribution in [2.45, 2.75) is 24.8 Å². The lowest BCUT2D eigenvalue weighted by Crippen LogP contribution is -2.47. The van der Waals surface area contributed by atoms with Gasteiger partial charge in [-0.2, -0.15) is 0 Å². The Morgan fingerprint density at radius 2 is 1.89 bits per heavy atom. The number of ether oxygens (including phenoxy) is 1. The van der Waals surface area contributed by atoms with Gasteiger partial charge in [0.25, 0.3) is 5.91 Å². The number of piperidine rings is 1. The predicted molar refractivity (Wildman–Crippen MR) is 100 cm³/mol. The minimum atomic E-state index is -0.932. The molecular weight excluding hydrogens is 363 g/mol. The van der Waals surface area contributed by atoms with E-state index in [0.29, 0.717) is 50.4 Å². The summed E-state index contributed by atoms with van der Waals surface area (Å²) in [6, 6.07) is 11.8. The second-order valence-corrected chi connectivity index (χ2v) is 7.35. The number of likely N-dealkylation sites (tertiary alicyclic amines) is 1. The van der Waals surface area contributed by atoms with Crippen molar-refractivity contribution in [2.75, 3.05) is 19.7 Å². The molecule has 0 aromatic heterocycles. The maximum Gasteiger partial charge on any atom is 0.407 e. The Balaban J connectivity index is 1.56. The van der Waals surface area contributed by atoms with E-state index in [1.54, 1.807) is 18.2 Å². The number of carboxylic acid groups (broad SMARTS) is 1. The molecule has 146 valence electrons. The van der Waals surface area contributed by atoms with Crippen LogP contribution in [0.25, 0.3) is 0 Å². The number of hydrogen-bond donors (Lipinski definition) is 2. The molecule has 0 bridgehead atoms. The van der Waals surface area contributed by atoms with E-state index in [9.17, 15) is 19.1 Å². The van der Waals surface area contributed by atoms with Crippen LogP contribution in [0.1, 0.15) is 34.3 Å². The lowest BCUT2D eigenvalue weighted by molar-refractivity contribution is 0.0954. The Hall–Kier alpha value is -3.09. The molecule has 4 rings (SSSR count). The van der Waals surface area contributed by atoms with Crippen molar-refractivity contribution in [3.8, 4) is 5.75 Å². The highest BCUT2D eigenvalue weighted by molar-refractivity contribution is 5.98. The van der Waals surface area contributed by atoms with Crippen molar-refractivity contribution < 1.29 is 23.8 Å². The number of nitrogens with zero attached hydrogens (tertiary/aromatic N) is 1. The summed E-state index contributed by atoms with van der Waals surface area (Å²) < 4.78 is 19.5. The van der Waals surface area contributed by atoms with Crippen LogP contribution in [0.3, 0.4) is 0 Å². The van der Waals surface area contributed by atoms with E-state index in [4.69, 9.17) is 4.74 Å². The third-order valence-electron chi connectivity index (χ3n) is 5.73. The SMILES string of the molecule is O=C1NCc2ccc(OCC3(c4ccc(F)cc4)CCN(C(=O)O)CC3)cc21. The van der Waals surface area contributed by atoms with Gasteiger partial charge < -0.3 is 20.1 Å². The van der Waals surface area contributed by atoms with Gasteiger partial charge in [0, 0.05) is 30.6 Å². The summed E-state index contributed by atoms with van der Waals surface area (Å²) in [6.45, 7) is 1.64. The number of benzene rings is 2. The Kier molecular flexibility index (Phi) is 4.66. The molecule has 2 aliphatic rings. The zero-order valence-corrected chi connectivity index (χ0v) is 15.3. The van der Waals surface area contributed by atoms with E-state index < -0.39 is 11.5 Å². The summed E-state index contributed by atoms with van der Waals surface area (Å²) in [7, 11) is 0. The first kappa shape index (κ1) is 18.3. The smallest absolute Gasteiger partial charge is 0.407 e. The number of fused-ring (bicyclic) bond motifs is 1. The van der Waals surface area contributed by atoms with Gasteiger partial charge in [0.1, 0.15) is 11.6 Å². The van der Waals surface area contributed by atoms with E-state index in [1.807, 2.05) is 12.1 Å². The molecule has 2 aromatic carbocycles. The van der Waals surface area contributed by atoms with Crippen molar-refractivity contribution in [2.24, 2.45) is 0 Å². The monoisotopic (exact) mass is 384 g/mol. The second-order valence-electron chi connectivity index (χ2n) is 7.35. The molecular formula is C21H21FN2O4. The molecule has 2 amide bonds. The van der Waals surface area contributed by atoms with Gasteiger partial charge in [-0.05, 0) is 48.2 Å². The minimum absolute atomic E-state index is 0.108. The Morgan fingerprint density at radius 3 is 2.57 bits per heavy atom. The normalized spacial score (nSPS) is 17.8. The molecule has 2 heterocycles.